The maximum Gasteiger partial charge on any atom is 0.246 e. The third kappa shape index (κ3) is 6.63. The van der Waals surface area contributed by atoms with Crippen molar-refractivity contribution in [2.75, 3.05) is 27.2 Å². The van der Waals surface area contributed by atoms with Crippen LogP contribution in [-0.4, -0.2) is 72.8 Å². The van der Waals surface area contributed by atoms with E-state index in [4.69, 9.17) is 0 Å². The van der Waals surface area contributed by atoms with Gasteiger partial charge in [0, 0.05) is 25.6 Å². The standard InChI is InChI=1S/C28H46N4O3/c1-19(2)21(25(34)32-17-13-14-18-32)31(9)26(35)23(27(3,4)5)30-24(33)22(29-8)28(6,7)20-15-11-10-12-16-20/h10-12,15-16,19,21-23,29H,13-14,17-18H2,1-9H3,(H,30,33)/t21-,22?,23?/m0/s1. The van der Waals surface area contributed by atoms with Crippen LogP contribution in [0.1, 0.15) is 66.9 Å². The number of rotatable bonds is 9. The minimum atomic E-state index is -0.782. The molecule has 0 radical (unpaired) electrons. The third-order valence-corrected chi connectivity index (χ3v) is 7.26. The van der Waals surface area contributed by atoms with Crippen molar-refractivity contribution in [1.29, 1.82) is 0 Å². The molecule has 3 amide bonds. The van der Waals surface area contributed by atoms with Gasteiger partial charge < -0.3 is 20.4 Å². The number of amides is 3. The highest BCUT2D eigenvalue weighted by molar-refractivity contribution is 5.94. The topological polar surface area (TPSA) is 81.8 Å². The lowest BCUT2D eigenvalue weighted by Crippen LogP contribution is -2.63. The summed E-state index contributed by atoms with van der Waals surface area (Å²) in [5, 5.41) is 6.21. The van der Waals surface area contributed by atoms with E-state index in [1.165, 1.54) is 0 Å². The molecule has 1 aromatic carbocycles. The van der Waals surface area contributed by atoms with Gasteiger partial charge in [0.1, 0.15) is 12.1 Å². The second-order valence-electron chi connectivity index (χ2n) is 11.8. The van der Waals surface area contributed by atoms with Crippen LogP contribution in [0.2, 0.25) is 0 Å². The number of carbonyl (C=O) groups is 3. The summed E-state index contributed by atoms with van der Waals surface area (Å²) < 4.78 is 0. The normalized spacial score (nSPS) is 17.1. The molecular weight excluding hydrogens is 440 g/mol. The lowest BCUT2D eigenvalue weighted by Gasteiger charge is -2.40. The summed E-state index contributed by atoms with van der Waals surface area (Å²) in [6.07, 6.45) is 2.00. The highest BCUT2D eigenvalue weighted by Crippen LogP contribution is 2.29. The second kappa shape index (κ2) is 11.5. The fourth-order valence-electron chi connectivity index (χ4n) is 5.09. The van der Waals surface area contributed by atoms with Gasteiger partial charge in [0.15, 0.2) is 0 Å². The fourth-order valence-corrected chi connectivity index (χ4v) is 5.09. The van der Waals surface area contributed by atoms with Gasteiger partial charge in [0.25, 0.3) is 0 Å². The van der Waals surface area contributed by atoms with Gasteiger partial charge >= 0.3 is 0 Å². The molecule has 0 saturated carbocycles. The first kappa shape index (κ1) is 28.8. The van der Waals surface area contributed by atoms with Gasteiger partial charge in [-0.25, -0.2) is 0 Å². The van der Waals surface area contributed by atoms with E-state index >= 15 is 0 Å². The molecule has 1 aromatic rings. The molecule has 1 saturated heterocycles. The lowest BCUT2D eigenvalue weighted by molar-refractivity contribution is -0.149. The zero-order chi connectivity index (χ0) is 26.6. The summed E-state index contributed by atoms with van der Waals surface area (Å²) in [5.74, 6) is -0.541. The second-order valence-corrected chi connectivity index (χ2v) is 11.8. The maximum atomic E-state index is 13.8. The summed E-state index contributed by atoms with van der Waals surface area (Å²) in [4.78, 5) is 44.2. The maximum absolute atomic E-state index is 13.8. The van der Waals surface area contributed by atoms with E-state index < -0.39 is 29.0 Å². The van der Waals surface area contributed by atoms with Gasteiger partial charge in [-0.1, -0.05) is 78.8 Å². The molecule has 0 spiro atoms. The highest BCUT2D eigenvalue weighted by atomic mass is 16.2. The Bertz CT molecular complexity index is 870. The van der Waals surface area contributed by atoms with Crippen LogP contribution in [0.5, 0.6) is 0 Å². The SMILES string of the molecule is CNC(C(=O)NC(C(=O)N(C)[C@H](C(=O)N1CCCC1)C(C)C)C(C)(C)C)C(C)(C)c1ccccc1. The Morgan fingerprint density at radius 1 is 0.943 bits per heavy atom. The van der Waals surface area contributed by atoms with E-state index in [0.29, 0.717) is 0 Å². The quantitative estimate of drug-likeness (QED) is 0.562. The Labute approximate surface area is 212 Å². The minimum Gasteiger partial charge on any atom is -0.342 e. The Kier molecular flexibility index (Phi) is 9.51. The molecule has 1 heterocycles. The summed E-state index contributed by atoms with van der Waals surface area (Å²) in [5.41, 5.74) is -0.0285. The van der Waals surface area contributed by atoms with Crippen LogP contribution in [0.3, 0.4) is 0 Å². The Morgan fingerprint density at radius 3 is 1.94 bits per heavy atom. The van der Waals surface area contributed by atoms with Gasteiger partial charge in [0.05, 0.1) is 6.04 Å². The van der Waals surface area contributed by atoms with Crippen LogP contribution in [0.15, 0.2) is 30.3 Å². The first-order chi connectivity index (χ1) is 16.2. The van der Waals surface area contributed by atoms with Gasteiger partial charge in [-0.15, -0.1) is 0 Å². The first-order valence-electron chi connectivity index (χ1n) is 12.8. The van der Waals surface area contributed by atoms with E-state index in [9.17, 15) is 14.4 Å². The zero-order valence-electron chi connectivity index (χ0n) is 23.1. The van der Waals surface area contributed by atoms with Crippen LogP contribution >= 0.6 is 0 Å². The molecule has 2 rings (SSSR count). The van der Waals surface area contributed by atoms with Crippen LogP contribution in [-0.2, 0) is 19.8 Å². The molecule has 196 valence electrons. The van der Waals surface area contributed by atoms with Crippen molar-refractivity contribution >= 4 is 17.7 Å². The number of hydrogen-bond acceptors (Lipinski definition) is 4. The molecule has 35 heavy (non-hydrogen) atoms. The first-order valence-corrected chi connectivity index (χ1v) is 12.8. The number of benzene rings is 1. The van der Waals surface area contributed by atoms with Gasteiger partial charge in [-0.2, -0.15) is 0 Å². The average Bonchev–Trinajstić information content (AvgIpc) is 3.32. The van der Waals surface area contributed by atoms with Gasteiger partial charge in [-0.05, 0) is 36.8 Å². The van der Waals surface area contributed by atoms with Crippen molar-refractivity contribution in [2.24, 2.45) is 11.3 Å². The monoisotopic (exact) mass is 486 g/mol. The Balaban J connectivity index is 2.30. The van der Waals surface area contributed by atoms with E-state index in [0.717, 1.165) is 31.5 Å². The molecule has 1 fully saturated rings. The van der Waals surface area contributed by atoms with Crippen molar-refractivity contribution in [3.05, 3.63) is 35.9 Å². The molecule has 1 aliphatic heterocycles. The third-order valence-electron chi connectivity index (χ3n) is 7.26. The average molecular weight is 487 g/mol. The predicted molar refractivity (Wildman–Crippen MR) is 141 cm³/mol. The Morgan fingerprint density at radius 2 is 1.49 bits per heavy atom. The van der Waals surface area contributed by atoms with Crippen LogP contribution < -0.4 is 10.6 Å². The number of nitrogens with one attached hydrogen (secondary N) is 2. The van der Waals surface area contributed by atoms with Crippen molar-refractivity contribution in [2.45, 2.75) is 84.8 Å². The van der Waals surface area contributed by atoms with Crippen molar-refractivity contribution in [3.63, 3.8) is 0 Å². The predicted octanol–water partition coefficient (Wildman–Crippen LogP) is 3.19. The number of carbonyl (C=O) groups excluding carboxylic acids is 3. The fraction of sp³-hybridized carbons (Fsp3) is 0.679. The molecule has 3 atom stereocenters. The van der Waals surface area contributed by atoms with Crippen molar-refractivity contribution < 1.29 is 14.4 Å². The van der Waals surface area contributed by atoms with Crippen LogP contribution in [0.25, 0.3) is 0 Å². The molecule has 7 nitrogen and oxygen atoms in total. The molecule has 7 heteroatoms. The summed E-state index contributed by atoms with van der Waals surface area (Å²) in [6.45, 7) is 15.3. The molecule has 2 N–H and O–H groups in total. The summed E-state index contributed by atoms with van der Waals surface area (Å²) >= 11 is 0. The van der Waals surface area contributed by atoms with Crippen LogP contribution in [0.4, 0.5) is 0 Å². The number of likely N-dealkylation sites (N-methyl/N-ethyl adjacent to an activating group) is 2. The lowest BCUT2D eigenvalue weighted by atomic mass is 9.76. The van der Waals surface area contributed by atoms with E-state index in [1.807, 2.05) is 83.7 Å². The summed E-state index contributed by atoms with van der Waals surface area (Å²) in [6, 6.07) is 7.98. The van der Waals surface area contributed by atoms with Crippen LogP contribution in [0, 0.1) is 11.3 Å². The smallest absolute Gasteiger partial charge is 0.246 e. The number of likely N-dealkylation sites (tertiary alicyclic amines) is 1. The number of hydrogen-bond donors (Lipinski definition) is 2. The molecule has 2 unspecified atom stereocenters. The largest absolute Gasteiger partial charge is 0.342 e. The molecule has 0 bridgehead atoms. The molecule has 0 aromatic heterocycles. The Hall–Kier alpha value is -2.41. The number of nitrogens with zero attached hydrogens (tertiary/aromatic N) is 2. The molecule has 1 aliphatic rings. The van der Waals surface area contributed by atoms with E-state index in [2.05, 4.69) is 10.6 Å². The van der Waals surface area contributed by atoms with Gasteiger partial charge in [-0.3, -0.25) is 14.4 Å². The minimum absolute atomic E-state index is 0.00866. The van der Waals surface area contributed by atoms with Gasteiger partial charge in [0.2, 0.25) is 17.7 Å². The van der Waals surface area contributed by atoms with E-state index in [-0.39, 0.29) is 23.6 Å². The zero-order valence-corrected chi connectivity index (χ0v) is 23.1. The molecule has 0 aliphatic carbocycles. The van der Waals surface area contributed by atoms with Crippen molar-refractivity contribution in [1.82, 2.24) is 20.4 Å². The summed E-state index contributed by atoms with van der Waals surface area (Å²) in [7, 11) is 3.45. The molecular formula is C28H46N4O3. The highest BCUT2D eigenvalue weighted by Gasteiger charge is 2.43. The van der Waals surface area contributed by atoms with E-state index in [1.54, 1.807) is 19.0 Å². The van der Waals surface area contributed by atoms with Crippen molar-refractivity contribution in [3.8, 4) is 0 Å².